The average Bonchev–Trinajstić information content (AvgIpc) is 2.84. The van der Waals surface area contributed by atoms with Crippen molar-refractivity contribution in [2.45, 2.75) is 37.0 Å². The van der Waals surface area contributed by atoms with Crippen LogP contribution in [0.25, 0.3) is 0 Å². The van der Waals surface area contributed by atoms with Gasteiger partial charge in [0.1, 0.15) is 4.21 Å². The Morgan fingerprint density at radius 3 is 2.65 bits per heavy atom. The predicted molar refractivity (Wildman–Crippen MR) is 82.8 cm³/mol. The van der Waals surface area contributed by atoms with Crippen LogP contribution in [-0.4, -0.2) is 40.8 Å². The first kappa shape index (κ1) is 17.6. The Bertz CT molecular complexity index is 509. The largest absolute Gasteiger partial charge is 0.375 e. The topological polar surface area (TPSA) is 67.4 Å². The number of hydrogen-bond acceptors (Lipinski definition) is 5. The van der Waals surface area contributed by atoms with Gasteiger partial charge < -0.3 is 10.1 Å². The first-order chi connectivity index (χ1) is 9.30. The van der Waals surface area contributed by atoms with Crippen molar-refractivity contribution in [1.29, 1.82) is 0 Å². The molecule has 5 nitrogen and oxygen atoms in total. The molecule has 1 aromatic heterocycles. The first-order valence-electron chi connectivity index (χ1n) is 6.67. The van der Waals surface area contributed by atoms with Gasteiger partial charge in [-0.1, -0.05) is 0 Å². The monoisotopic (exact) mass is 320 g/mol. The van der Waals surface area contributed by atoms with E-state index in [2.05, 4.69) is 10.0 Å². The van der Waals surface area contributed by atoms with Gasteiger partial charge in [-0.2, -0.15) is 0 Å². The first-order valence-corrected chi connectivity index (χ1v) is 8.97. The molecule has 0 aliphatic heterocycles. The van der Waals surface area contributed by atoms with E-state index in [0.29, 0.717) is 10.8 Å². The molecule has 0 fully saturated rings. The molecule has 116 valence electrons. The number of thiophene rings is 1. The van der Waals surface area contributed by atoms with E-state index in [1.54, 1.807) is 6.07 Å². The maximum atomic E-state index is 12.2. The zero-order valence-electron chi connectivity index (χ0n) is 12.5. The third-order valence-electron chi connectivity index (χ3n) is 2.75. The molecule has 1 rings (SSSR count). The third-order valence-corrected chi connectivity index (χ3v) is 5.78. The zero-order chi connectivity index (χ0) is 15.2. The van der Waals surface area contributed by atoms with Crippen molar-refractivity contribution in [2.24, 2.45) is 0 Å². The molecular formula is C13H24N2O3S2. The van der Waals surface area contributed by atoms with Crippen molar-refractivity contribution in [2.75, 3.05) is 26.7 Å². The Balaban J connectivity index is 2.66. The molecule has 0 radical (unpaired) electrons. The van der Waals surface area contributed by atoms with Gasteiger partial charge in [-0.25, -0.2) is 13.1 Å². The lowest BCUT2D eigenvalue weighted by Gasteiger charge is -2.24. The standard InChI is InChI=1S/C13H24N2O3S2/c1-5-18-13(2,3)10-15-20(16,17)12-7-6-11(19-12)8-9-14-4/h6-7,14-15H,5,8-10H2,1-4H3. The highest BCUT2D eigenvalue weighted by Gasteiger charge is 2.23. The Kier molecular flexibility index (Phi) is 6.60. The predicted octanol–water partition coefficient (Wildman–Crippen LogP) is 1.60. The molecule has 20 heavy (non-hydrogen) atoms. The summed E-state index contributed by atoms with van der Waals surface area (Å²) in [5, 5.41) is 3.05. The SMILES string of the molecule is CCOC(C)(C)CNS(=O)(=O)c1ccc(CCNC)s1. The summed E-state index contributed by atoms with van der Waals surface area (Å²) in [7, 11) is -1.57. The van der Waals surface area contributed by atoms with E-state index in [1.165, 1.54) is 11.3 Å². The van der Waals surface area contributed by atoms with E-state index in [1.807, 2.05) is 33.9 Å². The molecule has 0 saturated carbocycles. The number of ether oxygens (including phenoxy) is 1. The molecular weight excluding hydrogens is 296 g/mol. The van der Waals surface area contributed by atoms with E-state index >= 15 is 0 Å². The summed E-state index contributed by atoms with van der Waals surface area (Å²) >= 11 is 1.31. The maximum absolute atomic E-state index is 12.2. The second kappa shape index (κ2) is 7.51. The Morgan fingerprint density at radius 2 is 2.05 bits per heavy atom. The summed E-state index contributed by atoms with van der Waals surface area (Å²) < 4.78 is 32.9. The smallest absolute Gasteiger partial charge is 0.250 e. The molecule has 0 aliphatic carbocycles. The third kappa shape index (κ3) is 5.49. The van der Waals surface area contributed by atoms with E-state index in [4.69, 9.17) is 4.74 Å². The van der Waals surface area contributed by atoms with E-state index < -0.39 is 15.6 Å². The molecule has 0 amide bonds. The van der Waals surface area contributed by atoms with Crippen LogP contribution in [0.2, 0.25) is 0 Å². The van der Waals surface area contributed by atoms with Crippen LogP contribution in [0.5, 0.6) is 0 Å². The molecule has 0 spiro atoms. The summed E-state index contributed by atoms with van der Waals surface area (Å²) in [6, 6.07) is 3.52. The molecule has 1 aromatic rings. The van der Waals surface area contributed by atoms with Gasteiger partial charge >= 0.3 is 0 Å². The summed E-state index contributed by atoms with van der Waals surface area (Å²) in [6.45, 7) is 7.28. The van der Waals surface area contributed by atoms with Crippen molar-refractivity contribution >= 4 is 21.4 Å². The van der Waals surface area contributed by atoms with Gasteiger partial charge in [0.2, 0.25) is 10.0 Å². The normalized spacial score (nSPS) is 12.8. The Labute approximate surface area is 125 Å². The second-order valence-electron chi connectivity index (χ2n) is 5.09. The van der Waals surface area contributed by atoms with Gasteiger partial charge in [0.15, 0.2) is 0 Å². The Hall–Kier alpha value is -0.470. The van der Waals surface area contributed by atoms with Crippen molar-refractivity contribution in [1.82, 2.24) is 10.0 Å². The van der Waals surface area contributed by atoms with Crippen LogP contribution < -0.4 is 10.0 Å². The van der Waals surface area contributed by atoms with Crippen LogP contribution in [0.4, 0.5) is 0 Å². The van der Waals surface area contributed by atoms with Crippen LogP contribution in [-0.2, 0) is 21.2 Å². The van der Waals surface area contributed by atoms with Gasteiger partial charge in [-0.3, -0.25) is 0 Å². The summed E-state index contributed by atoms with van der Waals surface area (Å²) in [4.78, 5) is 1.06. The molecule has 0 aliphatic rings. The number of likely N-dealkylation sites (N-methyl/N-ethyl adjacent to an activating group) is 1. The molecule has 2 N–H and O–H groups in total. The highest BCUT2D eigenvalue weighted by Crippen LogP contribution is 2.22. The van der Waals surface area contributed by atoms with Crippen LogP contribution in [0.3, 0.4) is 0 Å². The molecule has 1 heterocycles. The van der Waals surface area contributed by atoms with Crippen molar-refractivity contribution in [3.63, 3.8) is 0 Å². The van der Waals surface area contributed by atoms with Crippen molar-refractivity contribution in [3.05, 3.63) is 17.0 Å². The Morgan fingerprint density at radius 1 is 1.35 bits per heavy atom. The van der Waals surface area contributed by atoms with E-state index in [-0.39, 0.29) is 6.54 Å². The molecule has 7 heteroatoms. The summed E-state index contributed by atoms with van der Waals surface area (Å²) in [5.74, 6) is 0. The number of sulfonamides is 1. The van der Waals surface area contributed by atoms with Crippen LogP contribution in [0, 0.1) is 0 Å². The molecule has 0 atom stereocenters. The lowest BCUT2D eigenvalue weighted by atomic mass is 10.1. The van der Waals surface area contributed by atoms with E-state index in [0.717, 1.165) is 17.8 Å². The van der Waals surface area contributed by atoms with Gasteiger partial charge in [0.25, 0.3) is 0 Å². The van der Waals surface area contributed by atoms with Crippen LogP contribution in [0.1, 0.15) is 25.6 Å². The highest BCUT2D eigenvalue weighted by atomic mass is 32.2. The molecule has 0 saturated heterocycles. The fraction of sp³-hybridized carbons (Fsp3) is 0.692. The molecule has 0 aromatic carbocycles. The second-order valence-corrected chi connectivity index (χ2v) is 8.25. The van der Waals surface area contributed by atoms with Crippen LogP contribution in [0.15, 0.2) is 16.3 Å². The van der Waals surface area contributed by atoms with Crippen LogP contribution >= 0.6 is 11.3 Å². The molecule has 0 bridgehead atoms. The van der Waals surface area contributed by atoms with Gasteiger partial charge in [0.05, 0.1) is 5.60 Å². The number of nitrogens with one attached hydrogen (secondary N) is 2. The van der Waals surface area contributed by atoms with E-state index in [9.17, 15) is 8.42 Å². The lowest BCUT2D eigenvalue weighted by molar-refractivity contribution is -0.00514. The minimum atomic E-state index is -3.45. The zero-order valence-corrected chi connectivity index (χ0v) is 14.2. The highest BCUT2D eigenvalue weighted by molar-refractivity contribution is 7.91. The van der Waals surface area contributed by atoms with Crippen molar-refractivity contribution in [3.8, 4) is 0 Å². The lowest BCUT2D eigenvalue weighted by Crippen LogP contribution is -2.40. The number of rotatable bonds is 9. The minimum Gasteiger partial charge on any atom is -0.375 e. The average molecular weight is 320 g/mol. The number of hydrogen-bond donors (Lipinski definition) is 2. The fourth-order valence-electron chi connectivity index (χ4n) is 1.67. The minimum absolute atomic E-state index is 0.257. The summed E-state index contributed by atoms with van der Waals surface area (Å²) in [6.07, 6.45) is 0.834. The molecule has 0 unspecified atom stereocenters. The van der Waals surface area contributed by atoms with Gasteiger partial charge in [-0.15, -0.1) is 11.3 Å². The van der Waals surface area contributed by atoms with Crippen molar-refractivity contribution < 1.29 is 13.2 Å². The van der Waals surface area contributed by atoms with Gasteiger partial charge in [-0.05, 0) is 52.9 Å². The van der Waals surface area contributed by atoms with Gasteiger partial charge in [0, 0.05) is 18.0 Å². The quantitative estimate of drug-likeness (QED) is 0.725. The summed E-state index contributed by atoms with van der Waals surface area (Å²) in [5.41, 5.74) is -0.506. The maximum Gasteiger partial charge on any atom is 0.250 e. The fourth-order valence-corrected chi connectivity index (χ4v) is 4.27.